The van der Waals surface area contributed by atoms with E-state index < -0.39 is 11.6 Å². The average Bonchev–Trinajstić information content (AvgIpc) is 2.95. The van der Waals surface area contributed by atoms with Gasteiger partial charge in [0.2, 0.25) is 0 Å². The normalized spacial score (nSPS) is 38.9. The fourth-order valence-corrected chi connectivity index (χ4v) is 4.74. The summed E-state index contributed by atoms with van der Waals surface area (Å²) in [5, 5.41) is 9.40. The molecule has 23 heavy (non-hydrogen) atoms. The number of methoxy groups -OCH3 is 1. The van der Waals surface area contributed by atoms with Crippen LogP contribution in [-0.4, -0.2) is 65.8 Å². The van der Waals surface area contributed by atoms with Crippen molar-refractivity contribution in [1.82, 2.24) is 9.80 Å². The Labute approximate surface area is 137 Å². The Morgan fingerprint density at radius 1 is 1.13 bits per heavy atom. The van der Waals surface area contributed by atoms with Gasteiger partial charge in [-0.3, -0.25) is 0 Å². The van der Waals surface area contributed by atoms with Gasteiger partial charge in [-0.1, -0.05) is 20.8 Å². The number of amides is 2. The van der Waals surface area contributed by atoms with Crippen LogP contribution in [0.2, 0.25) is 0 Å². The van der Waals surface area contributed by atoms with Gasteiger partial charge in [0.25, 0.3) is 0 Å². The molecule has 130 valence electrons. The van der Waals surface area contributed by atoms with Crippen LogP contribution in [0.15, 0.2) is 0 Å². The number of carboxylic acids is 1. The summed E-state index contributed by atoms with van der Waals surface area (Å²) in [4.78, 5) is 28.0. The Kier molecular flexibility index (Phi) is 3.67. The number of fused-ring (bicyclic) bond motifs is 2. The molecule has 3 fully saturated rings. The number of hydrogen-bond donors (Lipinski definition) is 1. The number of nitrogens with zero attached hydrogens (tertiary/aromatic N) is 2. The van der Waals surface area contributed by atoms with E-state index in [2.05, 4.69) is 20.8 Å². The van der Waals surface area contributed by atoms with Crippen LogP contribution < -0.4 is 0 Å². The van der Waals surface area contributed by atoms with Gasteiger partial charge in [-0.15, -0.1) is 0 Å². The van der Waals surface area contributed by atoms with Crippen LogP contribution in [0.5, 0.6) is 0 Å². The summed E-state index contributed by atoms with van der Waals surface area (Å²) in [6, 6.07) is -0.0289. The summed E-state index contributed by atoms with van der Waals surface area (Å²) in [6.07, 6.45) is 2.68. The highest BCUT2D eigenvalue weighted by atomic mass is 16.5. The van der Waals surface area contributed by atoms with Crippen molar-refractivity contribution < 1.29 is 19.4 Å². The zero-order chi connectivity index (χ0) is 17.0. The van der Waals surface area contributed by atoms with Gasteiger partial charge in [-0.05, 0) is 29.6 Å². The number of carbonyl (C=O) groups is 2. The molecule has 3 atom stereocenters. The maximum absolute atomic E-state index is 12.9. The van der Waals surface area contributed by atoms with Gasteiger partial charge in [-0.2, -0.15) is 0 Å². The number of ether oxygens (including phenoxy) is 1. The zero-order valence-corrected chi connectivity index (χ0v) is 14.6. The minimum atomic E-state index is -1.24. The Morgan fingerprint density at radius 3 is 2.35 bits per heavy atom. The number of carbonyl (C=O) groups excluding carboxylic acids is 1. The highest BCUT2D eigenvalue weighted by molar-refractivity contribution is 5.82. The molecule has 2 aliphatic heterocycles. The summed E-state index contributed by atoms with van der Waals surface area (Å²) in [6.45, 7) is 9.06. The molecule has 2 heterocycles. The van der Waals surface area contributed by atoms with E-state index in [4.69, 9.17) is 4.74 Å². The fraction of sp³-hybridized carbons (Fsp3) is 0.882. The molecule has 0 aromatic rings. The molecule has 1 N–H and O–H groups in total. The lowest BCUT2D eigenvalue weighted by atomic mass is 9.63. The van der Waals surface area contributed by atoms with E-state index in [1.54, 1.807) is 4.90 Å². The van der Waals surface area contributed by atoms with Gasteiger partial charge in [0.15, 0.2) is 5.60 Å². The molecule has 6 nitrogen and oxygen atoms in total. The number of aliphatic carboxylic acids is 1. The lowest BCUT2D eigenvalue weighted by Gasteiger charge is -2.50. The van der Waals surface area contributed by atoms with Gasteiger partial charge in [0, 0.05) is 33.2 Å². The highest BCUT2D eigenvalue weighted by Crippen LogP contribution is 2.59. The molecule has 2 bridgehead atoms. The number of likely N-dealkylation sites (tertiary alicyclic amines) is 2. The minimum Gasteiger partial charge on any atom is -0.479 e. The fourth-order valence-electron chi connectivity index (χ4n) is 4.74. The molecule has 2 amide bonds. The van der Waals surface area contributed by atoms with Crippen LogP contribution in [0.25, 0.3) is 0 Å². The van der Waals surface area contributed by atoms with Crippen molar-refractivity contribution in [3.63, 3.8) is 0 Å². The molecule has 0 spiro atoms. The van der Waals surface area contributed by atoms with E-state index in [0.717, 1.165) is 19.5 Å². The molecule has 0 aromatic heterocycles. The van der Waals surface area contributed by atoms with Gasteiger partial charge in [0.05, 0.1) is 6.54 Å². The third kappa shape index (κ3) is 2.25. The van der Waals surface area contributed by atoms with Crippen molar-refractivity contribution in [3.05, 3.63) is 0 Å². The monoisotopic (exact) mass is 324 g/mol. The number of piperidine rings is 1. The average molecular weight is 324 g/mol. The first-order chi connectivity index (χ1) is 10.7. The van der Waals surface area contributed by atoms with E-state index in [-0.39, 0.29) is 23.4 Å². The van der Waals surface area contributed by atoms with Crippen LogP contribution in [0.1, 0.15) is 40.0 Å². The predicted molar refractivity (Wildman–Crippen MR) is 85.1 cm³/mol. The van der Waals surface area contributed by atoms with Crippen molar-refractivity contribution >= 4 is 12.0 Å². The summed E-state index contributed by atoms with van der Waals surface area (Å²) in [7, 11) is 1.41. The second-order valence-corrected chi connectivity index (χ2v) is 8.36. The number of carboxylic acid groups (broad SMARTS) is 1. The van der Waals surface area contributed by atoms with Gasteiger partial charge < -0.3 is 19.6 Å². The van der Waals surface area contributed by atoms with Crippen LogP contribution in [-0.2, 0) is 9.53 Å². The predicted octanol–water partition coefficient (Wildman–Crippen LogP) is 2.04. The lowest BCUT2D eigenvalue weighted by molar-refractivity contribution is -0.160. The summed E-state index contributed by atoms with van der Waals surface area (Å²) >= 11 is 0. The van der Waals surface area contributed by atoms with Gasteiger partial charge in [-0.25, -0.2) is 9.59 Å². The number of rotatable bonds is 2. The topological polar surface area (TPSA) is 70.1 Å². The molecule has 1 saturated carbocycles. The smallest absolute Gasteiger partial charge is 0.337 e. The van der Waals surface area contributed by atoms with E-state index in [1.807, 2.05) is 4.90 Å². The van der Waals surface area contributed by atoms with Crippen molar-refractivity contribution in [1.29, 1.82) is 0 Å². The van der Waals surface area contributed by atoms with E-state index in [1.165, 1.54) is 13.5 Å². The minimum absolute atomic E-state index is 0.0289. The Bertz CT molecular complexity index is 535. The second-order valence-electron chi connectivity index (χ2n) is 8.36. The highest BCUT2D eigenvalue weighted by Gasteiger charge is 2.57. The molecule has 3 rings (SSSR count). The molecule has 1 aliphatic carbocycles. The third-order valence-corrected chi connectivity index (χ3v) is 7.15. The van der Waals surface area contributed by atoms with Crippen LogP contribution in [0, 0.1) is 16.7 Å². The summed E-state index contributed by atoms with van der Waals surface area (Å²) in [5.74, 6) is -0.457. The molecule has 6 heteroatoms. The number of urea groups is 1. The van der Waals surface area contributed by atoms with E-state index in [0.29, 0.717) is 18.9 Å². The number of hydrogen-bond acceptors (Lipinski definition) is 3. The standard InChI is InChI=1S/C17H28N2O4/c1-15(2)12-5-6-16(15,3)10-19(9-12)14(22)18-8-7-17(11-18,23-4)13(20)21/h12H,5-11H2,1-4H3,(H,20,21)/t12-,16+,17?/m1/s1. The van der Waals surface area contributed by atoms with Gasteiger partial charge >= 0.3 is 12.0 Å². The van der Waals surface area contributed by atoms with E-state index in [9.17, 15) is 14.7 Å². The van der Waals surface area contributed by atoms with Gasteiger partial charge in [0.1, 0.15) is 0 Å². The molecule has 3 aliphatic rings. The molecule has 1 unspecified atom stereocenters. The summed E-state index contributed by atoms with van der Waals surface area (Å²) in [5.41, 5.74) is -0.837. The first-order valence-corrected chi connectivity index (χ1v) is 8.48. The SMILES string of the molecule is COC1(C(=O)O)CCN(C(=O)N2C[C@H]3CC[C@@](C)(C2)C3(C)C)C1. The Hall–Kier alpha value is -1.30. The maximum Gasteiger partial charge on any atom is 0.337 e. The second kappa shape index (κ2) is 5.10. The van der Waals surface area contributed by atoms with Crippen LogP contribution >= 0.6 is 0 Å². The molecular weight excluding hydrogens is 296 g/mol. The van der Waals surface area contributed by atoms with Crippen molar-refractivity contribution in [2.24, 2.45) is 16.7 Å². The zero-order valence-electron chi connectivity index (χ0n) is 14.6. The third-order valence-electron chi connectivity index (χ3n) is 7.15. The maximum atomic E-state index is 12.9. The van der Waals surface area contributed by atoms with Crippen molar-refractivity contribution in [2.45, 2.75) is 45.6 Å². The quantitative estimate of drug-likeness (QED) is 0.844. The molecule has 2 saturated heterocycles. The summed E-state index contributed by atoms with van der Waals surface area (Å²) < 4.78 is 5.22. The first-order valence-electron chi connectivity index (χ1n) is 8.48. The molecule has 0 aromatic carbocycles. The Balaban J connectivity index is 1.73. The van der Waals surface area contributed by atoms with Crippen molar-refractivity contribution in [3.8, 4) is 0 Å². The van der Waals surface area contributed by atoms with Crippen molar-refractivity contribution in [2.75, 3.05) is 33.3 Å². The Morgan fingerprint density at radius 2 is 1.83 bits per heavy atom. The van der Waals surface area contributed by atoms with Crippen LogP contribution in [0.4, 0.5) is 4.79 Å². The molecule has 0 radical (unpaired) electrons. The lowest BCUT2D eigenvalue weighted by Crippen LogP contribution is -2.57. The molecular formula is C17H28N2O4. The largest absolute Gasteiger partial charge is 0.479 e. The van der Waals surface area contributed by atoms with E-state index >= 15 is 0 Å². The van der Waals surface area contributed by atoms with Crippen LogP contribution in [0.3, 0.4) is 0 Å². The first kappa shape index (κ1) is 16.6.